The van der Waals surface area contributed by atoms with E-state index in [0.717, 1.165) is 5.75 Å². The normalized spacial score (nSPS) is 10.1. The number of halogens is 1. The molecule has 0 unspecified atom stereocenters. The van der Waals surface area contributed by atoms with Crippen molar-refractivity contribution >= 4 is 23.4 Å². The van der Waals surface area contributed by atoms with Crippen molar-refractivity contribution in [3.63, 3.8) is 0 Å². The molecule has 7 nitrogen and oxygen atoms in total. The molecule has 3 aromatic rings. The maximum Gasteiger partial charge on any atom is 0.276 e. The van der Waals surface area contributed by atoms with Crippen molar-refractivity contribution in [3.05, 3.63) is 89.4 Å². The standard InChI is InChI=1S/C23H21ClN2O5/c24-18-9-11-20(12-10-18)31-16-22(27)25-26-23(28)17-5-4-8-21(15-17)30-14-13-29-19-6-2-1-3-7-19/h1-12,15H,13-14,16H2,(H,25,27)(H,26,28). The van der Waals surface area contributed by atoms with Crippen molar-refractivity contribution in [2.45, 2.75) is 0 Å². The molecule has 0 bridgehead atoms. The Labute approximate surface area is 184 Å². The Hall–Kier alpha value is -3.71. The van der Waals surface area contributed by atoms with Crippen LogP contribution in [0.4, 0.5) is 0 Å². The quantitative estimate of drug-likeness (QED) is 0.392. The maximum atomic E-state index is 12.3. The second-order valence-electron chi connectivity index (χ2n) is 6.28. The van der Waals surface area contributed by atoms with Crippen LogP contribution in [0, 0.1) is 0 Å². The van der Waals surface area contributed by atoms with Crippen LogP contribution in [0.25, 0.3) is 0 Å². The third-order valence-electron chi connectivity index (χ3n) is 3.96. The van der Waals surface area contributed by atoms with E-state index in [4.69, 9.17) is 25.8 Å². The molecule has 0 aliphatic rings. The summed E-state index contributed by atoms with van der Waals surface area (Å²) in [6.07, 6.45) is 0. The van der Waals surface area contributed by atoms with Gasteiger partial charge in [0, 0.05) is 10.6 Å². The molecule has 31 heavy (non-hydrogen) atoms. The largest absolute Gasteiger partial charge is 0.490 e. The molecule has 0 spiro atoms. The third-order valence-corrected chi connectivity index (χ3v) is 4.21. The van der Waals surface area contributed by atoms with Crippen LogP contribution in [0.5, 0.6) is 17.2 Å². The minimum absolute atomic E-state index is 0.257. The average molecular weight is 441 g/mol. The van der Waals surface area contributed by atoms with Crippen LogP contribution in [0.2, 0.25) is 5.02 Å². The van der Waals surface area contributed by atoms with Gasteiger partial charge >= 0.3 is 0 Å². The molecule has 0 aromatic heterocycles. The van der Waals surface area contributed by atoms with E-state index in [-0.39, 0.29) is 6.61 Å². The molecule has 8 heteroatoms. The molecule has 0 aliphatic carbocycles. The first-order chi connectivity index (χ1) is 15.1. The second-order valence-corrected chi connectivity index (χ2v) is 6.72. The summed E-state index contributed by atoms with van der Waals surface area (Å²) in [5.74, 6) is 0.781. The molecule has 0 saturated carbocycles. The summed E-state index contributed by atoms with van der Waals surface area (Å²) in [6, 6.07) is 22.6. The Kier molecular flexibility index (Phi) is 8.13. The van der Waals surface area contributed by atoms with Gasteiger partial charge in [-0.3, -0.25) is 20.4 Å². The first-order valence-electron chi connectivity index (χ1n) is 9.48. The minimum Gasteiger partial charge on any atom is -0.490 e. The molecule has 2 N–H and O–H groups in total. The first-order valence-corrected chi connectivity index (χ1v) is 9.86. The molecule has 3 rings (SSSR count). The number of para-hydroxylation sites is 1. The van der Waals surface area contributed by atoms with Gasteiger partial charge < -0.3 is 14.2 Å². The van der Waals surface area contributed by atoms with E-state index in [0.29, 0.717) is 35.3 Å². The van der Waals surface area contributed by atoms with E-state index in [1.807, 2.05) is 30.3 Å². The van der Waals surface area contributed by atoms with Gasteiger partial charge in [0.05, 0.1) is 0 Å². The second kappa shape index (κ2) is 11.5. The number of benzene rings is 3. The number of nitrogens with one attached hydrogen (secondary N) is 2. The Bertz CT molecular complexity index is 996. The van der Waals surface area contributed by atoms with Crippen molar-refractivity contribution in [1.29, 1.82) is 0 Å². The molecule has 160 valence electrons. The molecule has 0 fully saturated rings. The third kappa shape index (κ3) is 7.56. The molecular weight excluding hydrogens is 420 g/mol. The lowest BCUT2D eigenvalue weighted by Gasteiger charge is -2.11. The van der Waals surface area contributed by atoms with Crippen LogP contribution in [-0.2, 0) is 4.79 Å². The zero-order valence-corrected chi connectivity index (χ0v) is 17.3. The fourth-order valence-corrected chi connectivity index (χ4v) is 2.60. The maximum absolute atomic E-state index is 12.3. The molecular formula is C23H21ClN2O5. The Balaban J connectivity index is 1.39. The van der Waals surface area contributed by atoms with Gasteiger partial charge in [0.2, 0.25) is 0 Å². The highest BCUT2D eigenvalue weighted by atomic mass is 35.5. The summed E-state index contributed by atoms with van der Waals surface area (Å²) in [5.41, 5.74) is 4.98. The fraction of sp³-hybridized carbons (Fsp3) is 0.130. The lowest BCUT2D eigenvalue weighted by molar-refractivity contribution is -0.123. The zero-order chi connectivity index (χ0) is 21.9. The van der Waals surface area contributed by atoms with Crippen LogP contribution in [0.3, 0.4) is 0 Å². The summed E-state index contributed by atoms with van der Waals surface area (Å²) >= 11 is 5.79. The molecule has 0 saturated heterocycles. The summed E-state index contributed by atoms with van der Waals surface area (Å²) in [5, 5.41) is 0.569. The van der Waals surface area contributed by atoms with Gasteiger partial charge in [-0.15, -0.1) is 0 Å². The molecule has 2 amide bonds. The van der Waals surface area contributed by atoms with Gasteiger partial charge in [0.15, 0.2) is 6.61 Å². The number of amides is 2. The fourth-order valence-electron chi connectivity index (χ4n) is 2.48. The summed E-state index contributed by atoms with van der Waals surface area (Å²) in [6.45, 7) is 0.426. The van der Waals surface area contributed by atoms with E-state index in [1.54, 1.807) is 48.5 Å². The molecule has 0 radical (unpaired) electrons. The van der Waals surface area contributed by atoms with Crippen molar-refractivity contribution in [3.8, 4) is 17.2 Å². The van der Waals surface area contributed by atoms with E-state index in [9.17, 15) is 9.59 Å². The topological polar surface area (TPSA) is 85.9 Å². The zero-order valence-electron chi connectivity index (χ0n) is 16.5. The van der Waals surface area contributed by atoms with E-state index < -0.39 is 11.8 Å². The van der Waals surface area contributed by atoms with Gasteiger partial charge in [0.25, 0.3) is 11.8 Å². The van der Waals surface area contributed by atoms with Gasteiger partial charge in [-0.25, -0.2) is 0 Å². The lowest BCUT2D eigenvalue weighted by atomic mass is 10.2. The number of hydrogen-bond donors (Lipinski definition) is 2. The van der Waals surface area contributed by atoms with E-state index in [2.05, 4.69) is 10.9 Å². The van der Waals surface area contributed by atoms with Gasteiger partial charge in [-0.05, 0) is 54.6 Å². The number of ether oxygens (including phenoxy) is 3. The van der Waals surface area contributed by atoms with Crippen LogP contribution >= 0.6 is 11.6 Å². The van der Waals surface area contributed by atoms with Crippen molar-refractivity contribution in [2.24, 2.45) is 0 Å². The van der Waals surface area contributed by atoms with Crippen LogP contribution < -0.4 is 25.1 Å². The Morgan fingerprint density at radius 3 is 2.10 bits per heavy atom. The summed E-state index contributed by atoms with van der Waals surface area (Å²) in [4.78, 5) is 24.1. The number of carbonyl (C=O) groups excluding carboxylic acids is 2. The smallest absolute Gasteiger partial charge is 0.276 e. The molecule has 0 aliphatic heterocycles. The van der Waals surface area contributed by atoms with Crippen LogP contribution in [-0.4, -0.2) is 31.6 Å². The lowest BCUT2D eigenvalue weighted by Crippen LogP contribution is -2.43. The summed E-state index contributed by atoms with van der Waals surface area (Å²) < 4.78 is 16.5. The first kappa shape index (κ1) is 22.0. The van der Waals surface area contributed by atoms with Crippen molar-refractivity contribution in [2.75, 3.05) is 19.8 Å². The van der Waals surface area contributed by atoms with Gasteiger partial charge in [0.1, 0.15) is 30.5 Å². The number of carbonyl (C=O) groups is 2. The van der Waals surface area contributed by atoms with E-state index in [1.165, 1.54) is 0 Å². The van der Waals surface area contributed by atoms with Crippen LogP contribution in [0.15, 0.2) is 78.9 Å². The molecule has 0 atom stereocenters. The minimum atomic E-state index is -0.506. The number of rotatable bonds is 9. The highest BCUT2D eigenvalue weighted by Gasteiger charge is 2.09. The van der Waals surface area contributed by atoms with Crippen LogP contribution in [0.1, 0.15) is 10.4 Å². The average Bonchev–Trinajstić information content (AvgIpc) is 2.81. The number of hydrogen-bond acceptors (Lipinski definition) is 5. The highest BCUT2D eigenvalue weighted by molar-refractivity contribution is 6.30. The predicted octanol–water partition coefficient (Wildman–Crippen LogP) is 3.64. The SMILES string of the molecule is O=C(COc1ccc(Cl)cc1)NNC(=O)c1cccc(OCCOc2ccccc2)c1. The monoisotopic (exact) mass is 440 g/mol. The highest BCUT2D eigenvalue weighted by Crippen LogP contribution is 2.15. The number of hydrazine groups is 1. The van der Waals surface area contributed by atoms with E-state index >= 15 is 0 Å². The van der Waals surface area contributed by atoms with Gasteiger partial charge in [-0.1, -0.05) is 35.9 Å². The van der Waals surface area contributed by atoms with Gasteiger partial charge in [-0.2, -0.15) is 0 Å². The van der Waals surface area contributed by atoms with Crippen molar-refractivity contribution < 1.29 is 23.8 Å². The Morgan fingerprint density at radius 1 is 0.710 bits per heavy atom. The molecule has 3 aromatic carbocycles. The predicted molar refractivity (Wildman–Crippen MR) is 116 cm³/mol. The summed E-state index contributed by atoms with van der Waals surface area (Å²) in [7, 11) is 0. The van der Waals surface area contributed by atoms with Crippen molar-refractivity contribution in [1.82, 2.24) is 10.9 Å². The Morgan fingerprint density at radius 2 is 1.35 bits per heavy atom. The molecule has 0 heterocycles.